The third-order valence-corrected chi connectivity index (χ3v) is 12.3. The fraction of sp³-hybridized carbons (Fsp3) is 0. The number of hydrogen-bond donors (Lipinski definition) is 0. The average Bonchev–Trinajstić information content (AvgIpc) is 3.95. The minimum absolute atomic E-state index is 0.861. The van der Waals surface area contributed by atoms with Crippen LogP contribution in [-0.4, -0.2) is 0 Å². The van der Waals surface area contributed by atoms with E-state index < -0.39 is 0 Å². The third-order valence-electron chi connectivity index (χ3n) is 12.3. The first-order valence-electron chi connectivity index (χ1n) is 21.4. The minimum atomic E-state index is 0.861. The number of nitrogens with zero attached hydrogens (tertiary/aromatic N) is 1. The van der Waals surface area contributed by atoms with E-state index in [2.05, 4.69) is 223 Å². The lowest BCUT2D eigenvalue weighted by atomic mass is 9.92. The number of furan rings is 2. The number of anilines is 3. The van der Waals surface area contributed by atoms with Crippen LogP contribution in [0.1, 0.15) is 0 Å². The molecule has 0 N–H and O–H groups in total. The Balaban J connectivity index is 1.09. The number of benzene rings is 10. The molecule has 0 radical (unpaired) electrons. The smallest absolute Gasteiger partial charge is 0.143 e. The van der Waals surface area contributed by atoms with Crippen LogP contribution in [0.5, 0.6) is 0 Å². The molecule has 12 aromatic rings. The Kier molecular flexibility index (Phi) is 8.83. The van der Waals surface area contributed by atoms with Crippen molar-refractivity contribution in [1.82, 2.24) is 0 Å². The summed E-state index contributed by atoms with van der Waals surface area (Å²) in [4.78, 5) is 2.39. The molecule has 0 saturated heterocycles. The summed E-state index contributed by atoms with van der Waals surface area (Å²) in [6.45, 7) is 0. The van der Waals surface area contributed by atoms with Crippen LogP contribution in [-0.2, 0) is 0 Å². The third kappa shape index (κ3) is 6.38. The zero-order valence-corrected chi connectivity index (χ0v) is 34.3. The van der Waals surface area contributed by atoms with Gasteiger partial charge in [0.2, 0.25) is 0 Å². The summed E-state index contributed by atoms with van der Waals surface area (Å²) in [5, 5.41) is 4.44. The number of rotatable bonds is 8. The maximum atomic E-state index is 6.92. The van der Waals surface area contributed by atoms with Crippen molar-refractivity contribution in [2.45, 2.75) is 0 Å². The monoisotopic (exact) mass is 805 g/mol. The summed E-state index contributed by atoms with van der Waals surface area (Å²) < 4.78 is 13.4. The Morgan fingerprint density at radius 1 is 0.270 bits per heavy atom. The molecule has 2 aromatic heterocycles. The van der Waals surface area contributed by atoms with Gasteiger partial charge in [0.1, 0.15) is 22.3 Å². The van der Waals surface area contributed by atoms with Gasteiger partial charge in [0.15, 0.2) is 0 Å². The molecule has 0 atom stereocenters. The van der Waals surface area contributed by atoms with Gasteiger partial charge in [-0.1, -0.05) is 188 Å². The first-order chi connectivity index (χ1) is 31.2. The van der Waals surface area contributed by atoms with Crippen LogP contribution in [0.15, 0.2) is 245 Å². The van der Waals surface area contributed by atoms with Crippen LogP contribution in [0.3, 0.4) is 0 Å². The highest BCUT2D eigenvalue weighted by atomic mass is 16.3. The van der Waals surface area contributed by atoms with E-state index in [1.54, 1.807) is 0 Å². The predicted molar refractivity (Wildman–Crippen MR) is 263 cm³/mol. The Morgan fingerprint density at radius 3 is 1.41 bits per heavy atom. The summed E-state index contributed by atoms with van der Waals surface area (Å²) in [6.07, 6.45) is 0. The fourth-order valence-corrected chi connectivity index (χ4v) is 9.28. The molecule has 0 bridgehead atoms. The molecule has 2 heterocycles. The van der Waals surface area contributed by atoms with Crippen LogP contribution in [0.4, 0.5) is 17.1 Å². The van der Waals surface area contributed by atoms with Gasteiger partial charge in [-0.3, -0.25) is 0 Å². The zero-order chi connectivity index (χ0) is 41.7. The van der Waals surface area contributed by atoms with Crippen LogP contribution >= 0.6 is 0 Å². The van der Waals surface area contributed by atoms with Crippen molar-refractivity contribution in [3.05, 3.63) is 237 Å². The molecule has 0 aliphatic heterocycles. The van der Waals surface area contributed by atoms with Gasteiger partial charge in [0.25, 0.3) is 0 Å². The molecule has 63 heavy (non-hydrogen) atoms. The van der Waals surface area contributed by atoms with E-state index in [0.717, 1.165) is 111 Å². The number of hydrogen-bond acceptors (Lipinski definition) is 3. The van der Waals surface area contributed by atoms with E-state index in [0.29, 0.717) is 0 Å². The highest BCUT2D eigenvalue weighted by Crippen LogP contribution is 2.48. The van der Waals surface area contributed by atoms with E-state index in [-0.39, 0.29) is 0 Å². The quantitative estimate of drug-likeness (QED) is 0.153. The van der Waals surface area contributed by atoms with Crippen LogP contribution in [0.2, 0.25) is 0 Å². The maximum absolute atomic E-state index is 6.92. The van der Waals surface area contributed by atoms with Crippen molar-refractivity contribution >= 4 is 60.9 Å². The normalized spacial score (nSPS) is 11.5. The molecule has 0 unspecified atom stereocenters. The molecular formula is C60H39NO2. The molecule has 0 amide bonds. The van der Waals surface area contributed by atoms with Crippen molar-refractivity contribution in [2.75, 3.05) is 4.90 Å². The zero-order valence-electron chi connectivity index (χ0n) is 34.3. The van der Waals surface area contributed by atoms with Crippen molar-refractivity contribution in [3.63, 3.8) is 0 Å². The Bertz CT molecular complexity index is 3590. The topological polar surface area (TPSA) is 29.5 Å². The first-order valence-corrected chi connectivity index (χ1v) is 21.4. The lowest BCUT2D eigenvalue weighted by Crippen LogP contribution is -2.11. The van der Waals surface area contributed by atoms with Crippen molar-refractivity contribution in [3.8, 4) is 55.6 Å². The van der Waals surface area contributed by atoms with Gasteiger partial charge in [-0.25, -0.2) is 0 Å². The standard InChI is InChI=1S/C60H39NO2/c1-4-15-40(16-5-1)42-27-32-46(33-28-42)61(47-34-29-44(30-35-47)49-23-14-24-52-51-21-10-12-25-56(51)62-59(49)52)55-39-45(41-17-6-2-7-18-41)31-36-50(55)53-38-37-48(43-19-8-3-9-20-43)58-54-22-11-13-26-57(54)63-60(53)58/h1-39H. The van der Waals surface area contributed by atoms with Crippen molar-refractivity contribution in [2.24, 2.45) is 0 Å². The van der Waals surface area contributed by atoms with Gasteiger partial charge in [-0.15, -0.1) is 0 Å². The van der Waals surface area contributed by atoms with E-state index in [1.807, 2.05) is 18.2 Å². The average molecular weight is 806 g/mol. The summed E-state index contributed by atoms with van der Waals surface area (Å²) >= 11 is 0. The maximum Gasteiger partial charge on any atom is 0.143 e. The molecule has 296 valence electrons. The van der Waals surface area contributed by atoms with E-state index in [1.165, 1.54) is 5.56 Å². The lowest BCUT2D eigenvalue weighted by molar-refractivity contribution is 0.669. The fourth-order valence-electron chi connectivity index (χ4n) is 9.28. The van der Waals surface area contributed by atoms with Gasteiger partial charge in [-0.2, -0.15) is 0 Å². The van der Waals surface area contributed by atoms with Gasteiger partial charge in [0, 0.05) is 49.6 Å². The summed E-state index contributed by atoms with van der Waals surface area (Å²) in [6, 6.07) is 84.0. The van der Waals surface area contributed by atoms with Crippen LogP contribution in [0.25, 0.3) is 99.5 Å². The SMILES string of the molecule is c1ccc(-c2ccc(N(c3ccc(-c4cccc5c4oc4ccccc45)cc3)c3cc(-c4ccccc4)ccc3-c3ccc(-c4ccccc4)c4c3oc3ccccc34)cc2)cc1. The second-order valence-electron chi connectivity index (χ2n) is 16.0. The summed E-state index contributed by atoms with van der Waals surface area (Å²) in [5.41, 5.74) is 17.7. The van der Waals surface area contributed by atoms with Crippen LogP contribution < -0.4 is 4.90 Å². The molecule has 3 nitrogen and oxygen atoms in total. The summed E-state index contributed by atoms with van der Waals surface area (Å²) in [7, 11) is 0. The Hall–Kier alpha value is -8.40. The number of para-hydroxylation sites is 3. The van der Waals surface area contributed by atoms with E-state index in [4.69, 9.17) is 8.83 Å². The highest BCUT2D eigenvalue weighted by Gasteiger charge is 2.24. The first kappa shape index (κ1) is 36.5. The van der Waals surface area contributed by atoms with Crippen molar-refractivity contribution < 1.29 is 8.83 Å². The second-order valence-corrected chi connectivity index (χ2v) is 16.0. The van der Waals surface area contributed by atoms with Gasteiger partial charge in [-0.05, 0) is 87.5 Å². The molecule has 0 fully saturated rings. The van der Waals surface area contributed by atoms with Gasteiger partial charge < -0.3 is 13.7 Å². The predicted octanol–water partition coefficient (Wildman–Crippen LogP) is 17.3. The Labute approximate surface area is 365 Å². The lowest BCUT2D eigenvalue weighted by Gasteiger charge is -2.29. The largest absolute Gasteiger partial charge is 0.455 e. The molecule has 0 saturated carbocycles. The molecule has 3 heteroatoms. The van der Waals surface area contributed by atoms with Crippen molar-refractivity contribution in [1.29, 1.82) is 0 Å². The van der Waals surface area contributed by atoms with Crippen LogP contribution in [0, 0.1) is 0 Å². The second kappa shape index (κ2) is 15.3. The number of fused-ring (bicyclic) bond motifs is 6. The van der Waals surface area contributed by atoms with E-state index >= 15 is 0 Å². The molecule has 12 rings (SSSR count). The van der Waals surface area contributed by atoms with Gasteiger partial charge >= 0.3 is 0 Å². The minimum Gasteiger partial charge on any atom is -0.455 e. The molecule has 0 aliphatic carbocycles. The van der Waals surface area contributed by atoms with E-state index in [9.17, 15) is 0 Å². The van der Waals surface area contributed by atoms with Gasteiger partial charge in [0.05, 0.1) is 5.69 Å². The summed E-state index contributed by atoms with van der Waals surface area (Å²) in [5.74, 6) is 0. The molecule has 0 spiro atoms. The Morgan fingerprint density at radius 2 is 0.730 bits per heavy atom. The molecular weight excluding hydrogens is 767 g/mol. The molecule has 0 aliphatic rings. The highest BCUT2D eigenvalue weighted by molar-refractivity contribution is 6.17. The molecule has 10 aromatic carbocycles.